The van der Waals surface area contributed by atoms with Gasteiger partial charge in [-0.1, -0.05) is 25.4 Å². The van der Waals surface area contributed by atoms with Crippen LogP contribution < -0.4 is 0 Å². The van der Waals surface area contributed by atoms with Gasteiger partial charge in [-0.2, -0.15) is 5.26 Å². The molecule has 1 aromatic rings. The van der Waals surface area contributed by atoms with Crippen LogP contribution in [0.1, 0.15) is 48.5 Å². The molecule has 4 nitrogen and oxygen atoms in total. The largest absolute Gasteiger partial charge is 0.338 e. The summed E-state index contributed by atoms with van der Waals surface area (Å²) in [4.78, 5) is 18.4. The first-order valence-corrected chi connectivity index (χ1v) is 7.25. The lowest BCUT2D eigenvalue weighted by atomic mass is 9.97. The van der Waals surface area contributed by atoms with Gasteiger partial charge in [-0.25, -0.2) is 4.98 Å². The highest BCUT2D eigenvalue weighted by Gasteiger charge is 2.25. The van der Waals surface area contributed by atoms with Gasteiger partial charge in [0.1, 0.15) is 5.15 Å². The molecule has 0 N–H and O–H groups in total. The third-order valence-corrected chi connectivity index (χ3v) is 4.02. The van der Waals surface area contributed by atoms with Crippen LogP contribution in [0.25, 0.3) is 0 Å². The molecule has 5 heteroatoms. The number of nitrogens with zero attached hydrogens (tertiary/aromatic N) is 3. The standard InChI is InChI=1S/C15H18ClN3O/c1-10(2)12-7-13(14(16)18-9-12)15(20)19-5-3-11(8-17)4-6-19/h7,9-11H,3-6H2,1-2H3. The average Bonchev–Trinajstić information content (AvgIpc) is 2.47. The SMILES string of the molecule is CC(C)c1cnc(Cl)c(C(=O)N2CCC(C#N)CC2)c1. The molecule has 0 bridgehead atoms. The maximum atomic E-state index is 12.5. The summed E-state index contributed by atoms with van der Waals surface area (Å²) in [6.45, 7) is 5.33. The number of hydrogen-bond donors (Lipinski definition) is 0. The zero-order valence-electron chi connectivity index (χ0n) is 11.8. The van der Waals surface area contributed by atoms with Crippen molar-refractivity contribution in [3.05, 3.63) is 28.5 Å². The maximum Gasteiger partial charge on any atom is 0.256 e. The molecule has 0 aliphatic carbocycles. The summed E-state index contributed by atoms with van der Waals surface area (Å²) < 4.78 is 0. The van der Waals surface area contributed by atoms with Crippen molar-refractivity contribution in [3.8, 4) is 6.07 Å². The van der Waals surface area contributed by atoms with Crippen molar-refractivity contribution in [2.45, 2.75) is 32.6 Å². The fraction of sp³-hybridized carbons (Fsp3) is 0.533. The van der Waals surface area contributed by atoms with Crippen LogP contribution in [0.4, 0.5) is 0 Å². The van der Waals surface area contributed by atoms with E-state index in [0.717, 1.165) is 18.4 Å². The number of likely N-dealkylation sites (tertiary alicyclic amines) is 1. The second-order valence-corrected chi connectivity index (χ2v) is 5.82. The number of halogens is 1. The van der Waals surface area contributed by atoms with Gasteiger partial charge in [-0.3, -0.25) is 4.79 Å². The van der Waals surface area contributed by atoms with Gasteiger partial charge in [0.15, 0.2) is 0 Å². The van der Waals surface area contributed by atoms with Crippen LogP contribution in [0.2, 0.25) is 5.15 Å². The van der Waals surface area contributed by atoms with Crippen LogP contribution in [0.3, 0.4) is 0 Å². The van der Waals surface area contributed by atoms with Crippen molar-refractivity contribution in [1.82, 2.24) is 9.88 Å². The summed E-state index contributed by atoms with van der Waals surface area (Å²) in [5.41, 5.74) is 1.47. The first kappa shape index (κ1) is 14.8. The Labute approximate surface area is 124 Å². The Kier molecular flexibility index (Phi) is 4.61. The molecule has 0 unspecified atom stereocenters. The van der Waals surface area contributed by atoms with Crippen molar-refractivity contribution >= 4 is 17.5 Å². The van der Waals surface area contributed by atoms with Crippen molar-refractivity contribution < 1.29 is 4.79 Å². The van der Waals surface area contributed by atoms with E-state index >= 15 is 0 Å². The quantitative estimate of drug-likeness (QED) is 0.786. The van der Waals surface area contributed by atoms with Crippen LogP contribution in [-0.4, -0.2) is 28.9 Å². The highest BCUT2D eigenvalue weighted by molar-refractivity contribution is 6.32. The van der Waals surface area contributed by atoms with E-state index < -0.39 is 0 Å². The monoisotopic (exact) mass is 291 g/mol. The number of pyridine rings is 1. The second-order valence-electron chi connectivity index (χ2n) is 5.46. The Morgan fingerprint density at radius 3 is 2.70 bits per heavy atom. The normalized spacial score (nSPS) is 16.2. The third-order valence-electron chi connectivity index (χ3n) is 3.72. The summed E-state index contributed by atoms with van der Waals surface area (Å²) in [5.74, 6) is 0.284. The fourth-order valence-corrected chi connectivity index (χ4v) is 2.50. The zero-order chi connectivity index (χ0) is 14.7. The molecule has 1 fully saturated rings. The predicted octanol–water partition coefficient (Wildman–Crippen LogP) is 3.23. The van der Waals surface area contributed by atoms with Gasteiger partial charge in [0.05, 0.1) is 11.6 Å². The Morgan fingerprint density at radius 2 is 2.15 bits per heavy atom. The maximum absolute atomic E-state index is 12.5. The molecule has 0 atom stereocenters. The van der Waals surface area contributed by atoms with Gasteiger partial charge in [0.2, 0.25) is 0 Å². The molecule has 0 saturated carbocycles. The molecule has 1 aromatic heterocycles. The highest BCUT2D eigenvalue weighted by Crippen LogP contribution is 2.24. The van der Waals surface area contributed by atoms with Gasteiger partial charge in [0.25, 0.3) is 5.91 Å². The molecule has 1 aliphatic rings. The molecule has 0 radical (unpaired) electrons. The van der Waals surface area contributed by atoms with E-state index in [-0.39, 0.29) is 17.0 Å². The smallest absolute Gasteiger partial charge is 0.256 e. The van der Waals surface area contributed by atoms with Crippen molar-refractivity contribution in [2.75, 3.05) is 13.1 Å². The first-order chi connectivity index (χ1) is 9.52. The van der Waals surface area contributed by atoms with Gasteiger partial charge < -0.3 is 4.90 Å². The van der Waals surface area contributed by atoms with Crippen molar-refractivity contribution in [2.24, 2.45) is 5.92 Å². The van der Waals surface area contributed by atoms with Crippen molar-refractivity contribution in [3.63, 3.8) is 0 Å². The van der Waals surface area contributed by atoms with E-state index in [1.54, 1.807) is 11.1 Å². The molecule has 1 saturated heterocycles. The summed E-state index contributed by atoms with van der Waals surface area (Å²) in [7, 11) is 0. The van der Waals surface area contributed by atoms with Crippen LogP contribution in [0.15, 0.2) is 12.3 Å². The molecule has 1 amide bonds. The number of piperidine rings is 1. The summed E-state index contributed by atoms with van der Waals surface area (Å²) in [6.07, 6.45) is 3.18. The lowest BCUT2D eigenvalue weighted by molar-refractivity contribution is 0.0707. The molecule has 2 heterocycles. The zero-order valence-corrected chi connectivity index (χ0v) is 12.5. The molecule has 2 rings (SSSR count). The molecule has 20 heavy (non-hydrogen) atoms. The van der Waals surface area contributed by atoms with E-state index in [4.69, 9.17) is 16.9 Å². The predicted molar refractivity (Wildman–Crippen MR) is 77.6 cm³/mol. The second kappa shape index (κ2) is 6.23. The number of carbonyl (C=O) groups excluding carboxylic acids is 1. The van der Waals surface area contributed by atoms with Gasteiger partial charge in [-0.05, 0) is 30.4 Å². The van der Waals surface area contributed by atoms with Gasteiger partial charge in [-0.15, -0.1) is 0 Å². The molecule has 1 aliphatic heterocycles. The van der Waals surface area contributed by atoms with Crippen LogP contribution in [0, 0.1) is 17.2 Å². The van der Waals surface area contributed by atoms with Crippen LogP contribution in [-0.2, 0) is 0 Å². The van der Waals surface area contributed by atoms with Crippen LogP contribution >= 0.6 is 11.6 Å². The Bertz CT molecular complexity index is 543. The fourth-order valence-electron chi connectivity index (χ4n) is 2.31. The average molecular weight is 292 g/mol. The third kappa shape index (κ3) is 3.10. The molecular formula is C15H18ClN3O. The lowest BCUT2D eigenvalue weighted by Crippen LogP contribution is -2.38. The molecular weight excluding hydrogens is 274 g/mol. The topological polar surface area (TPSA) is 57.0 Å². The van der Waals surface area contributed by atoms with E-state index in [1.807, 2.05) is 6.07 Å². The van der Waals surface area contributed by atoms with E-state index in [0.29, 0.717) is 24.6 Å². The number of carbonyl (C=O) groups is 1. The number of nitriles is 1. The van der Waals surface area contributed by atoms with E-state index in [9.17, 15) is 4.79 Å². The Hall–Kier alpha value is -1.60. The van der Waals surface area contributed by atoms with Gasteiger partial charge >= 0.3 is 0 Å². The summed E-state index contributed by atoms with van der Waals surface area (Å²) in [6, 6.07) is 4.09. The van der Waals surface area contributed by atoms with Crippen molar-refractivity contribution in [1.29, 1.82) is 5.26 Å². The molecule has 0 spiro atoms. The lowest BCUT2D eigenvalue weighted by Gasteiger charge is -2.29. The summed E-state index contributed by atoms with van der Waals surface area (Å²) in [5, 5.41) is 9.14. The minimum Gasteiger partial charge on any atom is -0.338 e. The van der Waals surface area contributed by atoms with E-state index in [2.05, 4.69) is 24.9 Å². The first-order valence-electron chi connectivity index (χ1n) is 6.87. The molecule has 106 valence electrons. The van der Waals surface area contributed by atoms with Crippen LogP contribution in [0.5, 0.6) is 0 Å². The number of aromatic nitrogens is 1. The Balaban J connectivity index is 2.17. The molecule has 0 aromatic carbocycles. The minimum atomic E-state index is -0.0820. The van der Waals surface area contributed by atoms with E-state index in [1.165, 1.54) is 0 Å². The minimum absolute atomic E-state index is 0.0645. The number of hydrogen-bond acceptors (Lipinski definition) is 3. The number of rotatable bonds is 2. The Morgan fingerprint density at radius 1 is 1.50 bits per heavy atom. The van der Waals surface area contributed by atoms with Gasteiger partial charge in [0, 0.05) is 25.2 Å². The summed E-state index contributed by atoms with van der Waals surface area (Å²) >= 11 is 6.06. The highest BCUT2D eigenvalue weighted by atomic mass is 35.5. The number of amides is 1.